The number of carbonyl (C=O) groups excluding carboxylic acids is 3. The lowest BCUT2D eigenvalue weighted by Gasteiger charge is -2.27. The van der Waals surface area contributed by atoms with E-state index in [1.165, 1.54) is 20.8 Å². The summed E-state index contributed by atoms with van der Waals surface area (Å²) in [7, 11) is 0. The molecule has 0 aliphatic carbocycles. The summed E-state index contributed by atoms with van der Waals surface area (Å²) in [6, 6.07) is 9.78. The molecule has 3 N–H and O–H groups in total. The number of benzene rings is 3. The standard InChI is InChI=1S/C51H69N3O12/c1-25-19-40(55)37(49(10,11)12)22-34(25)28(4)43(58)64-31(7)52-46(61)53(32(8)65-44(59)29(5)35-23-38(50(13,14)15)41(56)20-26(35)2)48(63)54(47(52)62)33(9)66-45(60)30(6)36-24-39(51(16,17)18)42(57)21-27(36)3/h19-24,28-33,55-57H,1-18H3. The first-order chi connectivity index (χ1) is 30.1. The Morgan fingerprint density at radius 3 is 0.803 bits per heavy atom. The van der Waals surface area contributed by atoms with Crippen LogP contribution in [0.2, 0.25) is 0 Å². The summed E-state index contributed by atoms with van der Waals surface area (Å²) in [4.78, 5) is 85.0. The first kappa shape index (κ1) is 52.5. The molecule has 1 aromatic heterocycles. The number of aromatic hydroxyl groups is 3. The molecule has 66 heavy (non-hydrogen) atoms. The van der Waals surface area contributed by atoms with Crippen LogP contribution in [-0.4, -0.2) is 46.9 Å². The average Bonchev–Trinajstić information content (AvgIpc) is 3.15. The number of aromatic nitrogens is 3. The lowest BCUT2D eigenvalue weighted by atomic mass is 9.82. The third-order valence-electron chi connectivity index (χ3n) is 12.2. The van der Waals surface area contributed by atoms with E-state index in [0.29, 0.717) is 63.8 Å². The van der Waals surface area contributed by atoms with Crippen molar-refractivity contribution in [2.75, 3.05) is 0 Å². The molecule has 0 aliphatic heterocycles. The van der Waals surface area contributed by atoms with E-state index in [4.69, 9.17) is 14.2 Å². The molecule has 0 amide bonds. The summed E-state index contributed by atoms with van der Waals surface area (Å²) >= 11 is 0. The van der Waals surface area contributed by atoms with Gasteiger partial charge in [-0.15, -0.1) is 0 Å². The van der Waals surface area contributed by atoms with Crippen LogP contribution in [0.4, 0.5) is 0 Å². The van der Waals surface area contributed by atoms with Gasteiger partial charge in [0.25, 0.3) is 0 Å². The van der Waals surface area contributed by atoms with Gasteiger partial charge in [-0.05, 0) is 147 Å². The molecule has 0 radical (unpaired) electrons. The second-order valence-electron chi connectivity index (χ2n) is 20.7. The molecule has 0 spiro atoms. The van der Waals surface area contributed by atoms with Crippen LogP contribution in [0.15, 0.2) is 50.8 Å². The number of carbonyl (C=O) groups is 3. The van der Waals surface area contributed by atoms with Gasteiger partial charge in [-0.25, -0.2) is 28.1 Å². The molecular formula is C51H69N3O12. The molecule has 0 saturated heterocycles. The highest BCUT2D eigenvalue weighted by molar-refractivity contribution is 5.80. The molecule has 1 heterocycles. The fourth-order valence-electron chi connectivity index (χ4n) is 8.21. The molecule has 4 aromatic rings. The first-order valence-electron chi connectivity index (χ1n) is 22.2. The maximum Gasteiger partial charge on any atom is 0.342 e. The van der Waals surface area contributed by atoms with Crippen LogP contribution >= 0.6 is 0 Å². The van der Waals surface area contributed by atoms with Crippen molar-refractivity contribution in [2.45, 2.75) is 177 Å². The summed E-state index contributed by atoms with van der Waals surface area (Å²) < 4.78 is 18.9. The molecule has 6 atom stereocenters. The fraction of sp³-hybridized carbons (Fsp3) is 0.529. The monoisotopic (exact) mass is 915 g/mol. The molecule has 360 valence electrons. The van der Waals surface area contributed by atoms with Crippen LogP contribution in [0.3, 0.4) is 0 Å². The van der Waals surface area contributed by atoms with Crippen molar-refractivity contribution in [1.82, 2.24) is 13.7 Å². The molecular weight excluding hydrogens is 847 g/mol. The van der Waals surface area contributed by atoms with Gasteiger partial charge in [-0.2, -0.15) is 0 Å². The fourth-order valence-corrected chi connectivity index (χ4v) is 8.21. The van der Waals surface area contributed by atoms with Gasteiger partial charge in [-0.1, -0.05) is 80.5 Å². The minimum Gasteiger partial charge on any atom is -0.508 e. The second kappa shape index (κ2) is 19.0. The molecule has 0 bridgehead atoms. The number of phenols is 3. The van der Waals surface area contributed by atoms with E-state index in [-0.39, 0.29) is 17.2 Å². The number of nitrogens with zero attached hydrogens (tertiary/aromatic N) is 3. The number of hydrogen-bond donors (Lipinski definition) is 3. The summed E-state index contributed by atoms with van der Waals surface area (Å²) in [6.45, 7) is 30.8. The summed E-state index contributed by atoms with van der Waals surface area (Å²) in [5.74, 6) is -5.22. The quantitative estimate of drug-likeness (QED) is 0.0902. The van der Waals surface area contributed by atoms with Crippen molar-refractivity contribution in [3.63, 3.8) is 0 Å². The van der Waals surface area contributed by atoms with Gasteiger partial charge < -0.3 is 29.5 Å². The third-order valence-corrected chi connectivity index (χ3v) is 12.2. The van der Waals surface area contributed by atoms with Crippen LogP contribution in [0.1, 0.15) is 190 Å². The SMILES string of the molecule is Cc1cc(O)c(C(C)(C)C)cc1C(C)C(=O)OC(C)n1c(=O)n(C(C)OC(=O)C(C)c2cc(C(C)(C)C)c(O)cc2C)c(=O)n(C(C)OC(=O)C(C)c2cc(C(C)(C)C)c(O)cc2C)c1=O. The van der Waals surface area contributed by atoms with Gasteiger partial charge >= 0.3 is 35.0 Å². The Bertz CT molecular complexity index is 2400. The number of ether oxygens (including phenoxy) is 3. The Kier molecular flexibility index (Phi) is 15.1. The normalized spacial score (nSPS) is 15.0. The third kappa shape index (κ3) is 10.8. The van der Waals surface area contributed by atoms with Gasteiger partial charge in [0, 0.05) is 0 Å². The highest BCUT2D eigenvalue weighted by Crippen LogP contribution is 2.38. The number of hydrogen-bond acceptors (Lipinski definition) is 12. The predicted octanol–water partition coefficient (Wildman–Crippen LogP) is 8.70. The largest absolute Gasteiger partial charge is 0.508 e. The maximum absolute atomic E-state index is 14.4. The van der Waals surface area contributed by atoms with Crippen LogP contribution in [0, 0.1) is 20.8 Å². The molecule has 0 saturated carbocycles. The van der Waals surface area contributed by atoms with Gasteiger partial charge in [-0.3, -0.25) is 14.4 Å². The number of esters is 3. The van der Waals surface area contributed by atoms with Crippen molar-refractivity contribution in [2.24, 2.45) is 0 Å². The van der Waals surface area contributed by atoms with E-state index in [1.54, 1.807) is 77.9 Å². The molecule has 0 aliphatic rings. The summed E-state index contributed by atoms with van der Waals surface area (Å²) in [5.41, 5.74) is -0.164. The maximum atomic E-state index is 14.4. The molecule has 15 nitrogen and oxygen atoms in total. The van der Waals surface area contributed by atoms with Crippen molar-refractivity contribution in [3.8, 4) is 17.2 Å². The molecule has 3 aromatic carbocycles. The predicted molar refractivity (Wildman–Crippen MR) is 252 cm³/mol. The number of aryl methyl sites for hydroxylation is 3. The number of rotatable bonds is 12. The Labute approximate surface area is 387 Å². The first-order valence-corrected chi connectivity index (χ1v) is 22.2. The Morgan fingerprint density at radius 2 is 0.621 bits per heavy atom. The Balaban J connectivity index is 1.83. The lowest BCUT2D eigenvalue weighted by Crippen LogP contribution is -2.57. The number of phenolic OH excluding ortho intramolecular Hbond substituents is 3. The van der Waals surface area contributed by atoms with E-state index in [9.17, 15) is 44.1 Å². The van der Waals surface area contributed by atoms with Crippen LogP contribution in [0.25, 0.3) is 0 Å². The van der Waals surface area contributed by atoms with Gasteiger partial charge in [0.2, 0.25) is 0 Å². The summed E-state index contributed by atoms with van der Waals surface area (Å²) in [5, 5.41) is 32.1. The van der Waals surface area contributed by atoms with Crippen molar-refractivity contribution < 1.29 is 43.9 Å². The van der Waals surface area contributed by atoms with E-state index in [2.05, 4.69) is 0 Å². The van der Waals surface area contributed by atoms with Crippen molar-refractivity contribution in [3.05, 3.63) is 118 Å². The van der Waals surface area contributed by atoms with E-state index in [0.717, 1.165) is 0 Å². The smallest absolute Gasteiger partial charge is 0.342 e. The second-order valence-corrected chi connectivity index (χ2v) is 20.7. The van der Waals surface area contributed by atoms with E-state index < -0.39 is 87.7 Å². The Hall–Kier alpha value is -6.12. The van der Waals surface area contributed by atoms with Crippen molar-refractivity contribution in [1.29, 1.82) is 0 Å². The minimum atomic E-state index is -1.66. The van der Waals surface area contributed by atoms with Crippen molar-refractivity contribution >= 4 is 17.9 Å². The molecule has 6 unspecified atom stereocenters. The molecule has 15 heteroatoms. The van der Waals surface area contributed by atoms with E-state index in [1.807, 2.05) is 62.3 Å². The minimum absolute atomic E-state index is 0.0567. The highest BCUT2D eigenvalue weighted by Gasteiger charge is 2.34. The lowest BCUT2D eigenvalue weighted by molar-refractivity contribution is -0.156. The molecule has 4 rings (SSSR count). The zero-order valence-electron chi connectivity index (χ0n) is 41.8. The Morgan fingerprint density at radius 1 is 0.424 bits per heavy atom. The zero-order chi connectivity index (χ0) is 50.5. The zero-order valence-corrected chi connectivity index (χ0v) is 41.8. The van der Waals surface area contributed by atoms with Crippen LogP contribution in [-0.2, 0) is 44.8 Å². The summed E-state index contributed by atoms with van der Waals surface area (Å²) in [6.07, 6.45) is -4.98. The van der Waals surface area contributed by atoms with Gasteiger partial charge in [0.1, 0.15) is 17.2 Å². The van der Waals surface area contributed by atoms with Crippen LogP contribution < -0.4 is 17.1 Å². The average molecular weight is 916 g/mol. The van der Waals surface area contributed by atoms with Gasteiger partial charge in [0.05, 0.1) is 17.8 Å². The topological polar surface area (TPSA) is 206 Å². The van der Waals surface area contributed by atoms with E-state index >= 15 is 0 Å². The highest BCUT2D eigenvalue weighted by atomic mass is 16.6. The van der Waals surface area contributed by atoms with Crippen LogP contribution in [0.5, 0.6) is 17.2 Å². The van der Waals surface area contributed by atoms with Gasteiger partial charge in [0.15, 0.2) is 18.7 Å². The molecule has 0 fully saturated rings.